The highest BCUT2D eigenvalue weighted by molar-refractivity contribution is 6.32. The summed E-state index contributed by atoms with van der Waals surface area (Å²) < 4.78 is 7.65. The van der Waals surface area contributed by atoms with Crippen LogP contribution in [0.2, 0.25) is 5.02 Å². The van der Waals surface area contributed by atoms with Gasteiger partial charge >= 0.3 is 0 Å². The van der Waals surface area contributed by atoms with Crippen molar-refractivity contribution in [1.82, 2.24) is 9.78 Å². The molecule has 1 aromatic heterocycles. The molecule has 0 bridgehead atoms. The predicted molar refractivity (Wildman–Crippen MR) is 85.7 cm³/mol. The van der Waals surface area contributed by atoms with Crippen LogP contribution in [0.4, 0.5) is 0 Å². The molecule has 2 rings (SSSR count). The summed E-state index contributed by atoms with van der Waals surface area (Å²) in [6.07, 6.45) is 2.76. The minimum atomic E-state index is 0.118. The lowest BCUT2D eigenvalue weighted by Gasteiger charge is -2.10. The third-order valence-electron chi connectivity index (χ3n) is 3.12. The first kappa shape index (κ1) is 15.9. The van der Waals surface area contributed by atoms with Crippen molar-refractivity contribution in [3.63, 3.8) is 0 Å². The van der Waals surface area contributed by atoms with E-state index < -0.39 is 0 Å². The molecule has 0 saturated heterocycles. The van der Waals surface area contributed by atoms with Crippen molar-refractivity contribution in [3.05, 3.63) is 46.7 Å². The highest BCUT2D eigenvalue weighted by atomic mass is 35.5. The lowest BCUT2D eigenvalue weighted by Crippen LogP contribution is -2.17. The quantitative estimate of drug-likeness (QED) is 0.887. The van der Waals surface area contributed by atoms with E-state index in [0.717, 1.165) is 17.7 Å². The zero-order valence-corrected chi connectivity index (χ0v) is 13.5. The first-order chi connectivity index (χ1) is 9.95. The summed E-state index contributed by atoms with van der Waals surface area (Å²) >= 11 is 6.24. The molecule has 0 aliphatic heterocycles. The normalized spacial score (nSPS) is 12.7. The average molecular weight is 308 g/mol. The lowest BCUT2D eigenvalue weighted by atomic mass is 10.1. The highest BCUT2D eigenvalue weighted by Crippen LogP contribution is 2.26. The van der Waals surface area contributed by atoms with Gasteiger partial charge in [-0.05, 0) is 51.0 Å². The van der Waals surface area contributed by atoms with Gasteiger partial charge in [-0.3, -0.25) is 4.68 Å². The van der Waals surface area contributed by atoms with E-state index in [9.17, 15) is 0 Å². The Bertz CT molecular complexity index is 593. The molecule has 0 saturated carbocycles. The molecular weight excluding hydrogens is 286 g/mol. The number of hydrogen-bond donors (Lipinski definition) is 1. The summed E-state index contributed by atoms with van der Waals surface area (Å²) in [5.41, 5.74) is 7.79. The van der Waals surface area contributed by atoms with Crippen LogP contribution in [0.5, 0.6) is 5.75 Å². The molecule has 0 fully saturated rings. The fraction of sp³-hybridized carbons (Fsp3) is 0.438. The molecule has 0 amide bonds. The number of aromatic nitrogens is 2. The molecule has 0 aliphatic carbocycles. The van der Waals surface area contributed by atoms with Crippen molar-refractivity contribution >= 4 is 11.6 Å². The zero-order valence-electron chi connectivity index (χ0n) is 12.7. The van der Waals surface area contributed by atoms with E-state index in [-0.39, 0.29) is 6.04 Å². The molecule has 4 nitrogen and oxygen atoms in total. The molecule has 2 aromatic rings. The SMILES string of the molecule is CC(N)Cc1ccc(OCc2ccn(C(C)C)n2)c(Cl)c1. The van der Waals surface area contributed by atoms with Crippen LogP contribution in [0.25, 0.3) is 0 Å². The Hall–Kier alpha value is -1.52. The fourth-order valence-corrected chi connectivity index (χ4v) is 2.31. The van der Waals surface area contributed by atoms with Crippen LogP contribution in [0.1, 0.15) is 38.1 Å². The minimum absolute atomic E-state index is 0.118. The number of hydrogen-bond acceptors (Lipinski definition) is 3. The molecule has 1 atom stereocenters. The van der Waals surface area contributed by atoms with Crippen molar-refractivity contribution < 1.29 is 4.74 Å². The van der Waals surface area contributed by atoms with Gasteiger partial charge in [0.05, 0.1) is 10.7 Å². The maximum absolute atomic E-state index is 6.24. The smallest absolute Gasteiger partial charge is 0.138 e. The fourth-order valence-electron chi connectivity index (χ4n) is 2.05. The molecule has 1 aromatic carbocycles. The van der Waals surface area contributed by atoms with Gasteiger partial charge < -0.3 is 10.5 Å². The largest absolute Gasteiger partial charge is 0.486 e. The van der Waals surface area contributed by atoms with Crippen molar-refractivity contribution in [2.24, 2.45) is 5.73 Å². The topological polar surface area (TPSA) is 53.1 Å². The van der Waals surface area contributed by atoms with Gasteiger partial charge in [0.1, 0.15) is 12.4 Å². The van der Waals surface area contributed by atoms with E-state index in [1.807, 2.05) is 42.1 Å². The lowest BCUT2D eigenvalue weighted by molar-refractivity contribution is 0.299. The molecule has 1 heterocycles. The molecular formula is C16H22ClN3O. The Balaban J connectivity index is 1.99. The van der Waals surface area contributed by atoms with E-state index in [0.29, 0.717) is 23.4 Å². The van der Waals surface area contributed by atoms with Crippen LogP contribution in [-0.4, -0.2) is 15.8 Å². The minimum Gasteiger partial charge on any atom is -0.486 e. The summed E-state index contributed by atoms with van der Waals surface area (Å²) in [5, 5.41) is 5.05. The standard InChI is InChI=1S/C16H22ClN3O/c1-11(2)20-7-6-14(19-20)10-21-16-5-4-13(8-12(3)18)9-15(16)17/h4-7,9,11-12H,8,10,18H2,1-3H3. The maximum atomic E-state index is 6.24. The Morgan fingerprint density at radius 1 is 1.29 bits per heavy atom. The molecule has 0 spiro atoms. The second kappa shape index (κ2) is 6.96. The van der Waals surface area contributed by atoms with Crippen molar-refractivity contribution in [1.29, 1.82) is 0 Å². The maximum Gasteiger partial charge on any atom is 0.138 e. The van der Waals surface area contributed by atoms with Gasteiger partial charge in [-0.1, -0.05) is 17.7 Å². The first-order valence-electron chi connectivity index (χ1n) is 7.16. The number of ether oxygens (including phenoxy) is 1. The summed E-state index contributed by atoms with van der Waals surface area (Å²) in [4.78, 5) is 0. The number of rotatable bonds is 6. The van der Waals surface area contributed by atoms with Gasteiger partial charge in [-0.15, -0.1) is 0 Å². The van der Waals surface area contributed by atoms with Crippen LogP contribution in [0, 0.1) is 0 Å². The number of benzene rings is 1. The van der Waals surface area contributed by atoms with E-state index in [2.05, 4.69) is 18.9 Å². The van der Waals surface area contributed by atoms with Gasteiger partial charge in [-0.25, -0.2) is 0 Å². The Kier molecular flexibility index (Phi) is 5.26. The Labute approximate surface area is 130 Å². The van der Waals surface area contributed by atoms with Gasteiger partial charge in [0, 0.05) is 18.3 Å². The monoisotopic (exact) mass is 307 g/mol. The summed E-state index contributed by atoms with van der Waals surface area (Å²) in [6.45, 7) is 6.56. The Morgan fingerprint density at radius 3 is 2.62 bits per heavy atom. The van der Waals surface area contributed by atoms with Crippen LogP contribution >= 0.6 is 11.6 Å². The first-order valence-corrected chi connectivity index (χ1v) is 7.54. The second-order valence-electron chi connectivity index (χ2n) is 5.62. The van der Waals surface area contributed by atoms with Gasteiger partial charge in [0.2, 0.25) is 0 Å². The molecule has 114 valence electrons. The van der Waals surface area contributed by atoms with Crippen molar-refractivity contribution in [2.45, 2.75) is 45.9 Å². The van der Waals surface area contributed by atoms with Crippen molar-refractivity contribution in [3.8, 4) is 5.75 Å². The van der Waals surface area contributed by atoms with E-state index in [1.165, 1.54) is 0 Å². The zero-order chi connectivity index (χ0) is 15.4. The summed E-state index contributed by atoms with van der Waals surface area (Å²) in [5.74, 6) is 0.671. The Morgan fingerprint density at radius 2 is 2.05 bits per heavy atom. The van der Waals surface area contributed by atoms with Crippen LogP contribution in [-0.2, 0) is 13.0 Å². The second-order valence-corrected chi connectivity index (χ2v) is 6.02. The molecule has 1 unspecified atom stereocenters. The summed E-state index contributed by atoms with van der Waals surface area (Å²) in [7, 11) is 0. The number of nitrogens with two attached hydrogens (primary N) is 1. The molecule has 0 aliphatic rings. The third-order valence-corrected chi connectivity index (χ3v) is 3.42. The van der Waals surface area contributed by atoms with E-state index >= 15 is 0 Å². The third kappa shape index (κ3) is 4.48. The van der Waals surface area contributed by atoms with Crippen LogP contribution < -0.4 is 10.5 Å². The van der Waals surface area contributed by atoms with Crippen molar-refractivity contribution in [2.75, 3.05) is 0 Å². The summed E-state index contributed by atoms with van der Waals surface area (Å²) in [6, 6.07) is 8.22. The van der Waals surface area contributed by atoms with E-state index in [4.69, 9.17) is 22.1 Å². The molecule has 2 N–H and O–H groups in total. The highest BCUT2D eigenvalue weighted by Gasteiger charge is 2.07. The number of nitrogens with zero attached hydrogens (tertiary/aromatic N) is 2. The van der Waals surface area contributed by atoms with Gasteiger partial charge in [0.15, 0.2) is 0 Å². The van der Waals surface area contributed by atoms with Crippen LogP contribution in [0.15, 0.2) is 30.5 Å². The van der Waals surface area contributed by atoms with Gasteiger partial charge in [-0.2, -0.15) is 5.10 Å². The molecule has 21 heavy (non-hydrogen) atoms. The van der Waals surface area contributed by atoms with E-state index in [1.54, 1.807) is 0 Å². The average Bonchev–Trinajstić information content (AvgIpc) is 2.86. The number of halogens is 1. The predicted octanol–water partition coefficient (Wildman–Crippen LogP) is 3.59. The van der Waals surface area contributed by atoms with Crippen LogP contribution in [0.3, 0.4) is 0 Å². The molecule has 0 radical (unpaired) electrons. The molecule has 5 heteroatoms. The van der Waals surface area contributed by atoms with Gasteiger partial charge in [0.25, 0.3) is 0 Å².